The number of nitrogens with one attached hydrogen (secondary N) is 1. The van der Waals surface area contributed by atoms with Gasteiger partial charge in [0.1, 0.15) is 0 Å². The summed E-state index contributed by atoms with van der Waals surface area (Å²) in [6.45, 7) is 7.43. The molecule has 0 saturated carbocycles. The summed E-state index contributed by atoms with van der Waals surface area (Å²) >= 11 is 0. The maximum Gasteiger partial charge on any atom is 0.175 e. The molecule has 0 unspecified atom stereocenters. The van der Waals surface area contributed by atoms with E-state index in [9.17, 15) is 4.79 Å². The number of fused-ring (bicyclic) bond motifs is 1. The molecule has 2 nitrogen and oxygen atoms in total. The van der Waals surface area contributed by atoms with E-state index in [-0.39, 0.29) is 5.78 Å². The predicted molar refractivity (Wildman–Crippen MR) is 63.0 cm³/mol. The number of rotatable bonds is 2. The SMILES string of the molecule is C=C(C)c1ccc2[nH]c(C(C)=O)cc2c1. The Morgan fingerprint density at radius 3 is 2.60 bits per heavy atom. The van der Waals surface area contributed by atoms with E-state index >= 15 is 0 Å². The number of aromatic nitrogens is 1. The molecule has 0 radical (unpaired) electrons. The molecule has 1 aromatic heterocycles. The molecule has 1 N–H and O–H groups in total. The maximum absolute atomic E-state index is 11.2. The van der Waals surface area contributed by atoms with Crippen LogP contribution in [0.15, 0.2) is 30.8 Å². The lowest BCUT2D eigenvalue weighted by Crippen LogP contribution is -1.89. The van der Waals surface area contributed by atoms with Gasteiger partial charge in [-0.2, -0.15) is 0 Å². The number of hydrogen-bond donors (Lipinski definition) is 1. The van der Waals surface area contributed by atoms with Crippen molar-refractivity contribution in [3.05, 3.63) is 42.1 Å². The number of aromatic amines is 1. The van der Waals surface area contributed by atoms with Gasteiger partial charge in [-0.05, 0) is 30.7 Å². The maximum atomic E-state index is 11.2. The fourth-order valence-electron chi connectivity index (χ4n) is 1.59. The van der Waals surface area contributed by atoms with Crippen molar-refractivity contribution in [2.75, 3.05) is 0 Å². The largest absolute Gasteiger partial charge is 0.352 e. The summed E-state index contributed by atoms with van der Waals surface area (Å²) in [6.07, 6.45) is 0. The first-order valence-electron chi connectivity index (χ1n) is 4.87. The van der Waals surface area contributed by atoms with E-state index in [1.165, 1.54) is 0 Å². The zero-order valence-corrected chi connectivity index (χ0v) is 8.92. The van der Waals surface area contributed by atoms with E-state index in [1.807, 2.05) is 31.2 Å². The average Bonchev–Trinajstić information content (AvgIpc) is 2.59. The minimum Gasteiger partial charge on any atom is -0.352 e. The molecule has 0 spiro atoms. The second kappa shape index (κ2) is 3.39. The van der Waals surface area contributed by atoms with Crippen LogP contribution in [0.3, 0.4) is 0 Å². The van der Waals surface area contributed by atoms with Crippen LogP contribution in [0, 0.1) is 0 Å². The smallest absolute Gasteiger partial charge is 0.175 e. The highest BCUT2D eigenvalue weighted by molar-refractivity contribution is 5.98. The van der Waals surface area contributed by atoms with Crippen molar-refractivity contribution in [3.8, 4) is 0 Å². The predicted octanol–water partition coefficient (Wildman–Crippen LogP) is 3.40. The van der Waals surface area contributed by atoms with Crippen LogP contribution in [0.5, 0.6) is 0 Å². The first-order chi connectivity index (χ1) is 7.08. The summed E-state index contributed by atoms with van der Waals surface area (Å²) in [7, 11) is 0. The minimum absolute atomic E-state index is 0.0584. The molecule has 2 rings (SSSR count). The fourth-order valence-corrected chi connectivity index (χ4v) is 1.59. The van der Waals surface area contributed by atoms with Crippen molar-refractivity contribution in [2.45, 2.75) is 13.8 Å². The van der Waals surface area contributed by atoms with Gasteiger partial charge in [0.25, 0.3) is 0 Å². The number of Topliss-reactive ketones (excluding diaryl/α,β-unsaturated/α-hetero) is 1. The van der Waals surface area contributed by atoms with E-state index in [1.54, 1.807) is 6.92 Å². The highest BCUT2D eigenvalue weighted by atomic mass is 16.1. The first-order valence-corrected chi connectivity index (χ1v) is 4.87. The Bertz CT molecular complexity index is 537. The highest BCUT2D eigenvalue weighted by Crippen LogP contribution is 2.21. The molecule has 76 valence electrons. The van der Waals surface area contributed by atoms with E-state index < -0.39 is 0 Å². The summed E-state index contributed by atoms with van der Waals surface area (Å²) in [5, 5.41) is 1.06. The molecule has 0 aliphatic heterocycles. The fraction of sp³-hybridized carbons (Fsp3) is 0.154. The summed E-state index contributed by atoms with van der Waals surface area (Å²) in [5.74, 6) is 0.0584. The summed E-state index contributed by atoms with van der Waals surface area (Å²) in [6, 6.07) is 7.90. The Morgan fingerprint density at radius 2 is 2.00 bits per heavy atom. The third kappa shape index (κ3) is 1.71. The van der Waals surface area contributed by atoms with E-state index in [2.05, 4.69) is 11.6 Å². The van der Waals surface area contributed by atoms with Gasteiger partial charge in [0, 0.05) is 17.8 Å². The number of hydrogen-bond acceptors (Lipinski definition) is 1. The number of ketones is 1. The molecule has 0 aliphatic carbocycles. The monoisotopic (exact) mass is 199 g/mol. The molecular formula is C13H13NO. The third-order valence-corrected chi connectivity index (χ3v) is 2.49. The van der Waals surface area contributed by atoms with Crippen molar-refractivity contribution < 1.29 is 4.79 Å². The Kier molecular flexibility index (Phi) is 2.19. The van der Waals surface area contributed by atoms with E-state index in [0.29, 0.717) is 5.69 Å². The second-order valence-corrected chi connectivity index (χ2v) is 3.82. The first kappa shape index (κ1) is 9.71. The van der Waals surface area contributed by atoms with Gasteiger partial charge in [-0.3, -0.25) is 4.79 Å². The lowest BCUT2D eigenvalue weighted by atomic mass is 10.1. The lowest BCUT2D eigenvalue weighted by Gasteiger charge is -1.98. The van der Waals surface area contributed by atoms with Crippen LogP contribution in [0.25, 0.3) is 16.5 Å². The molecule has 0 amide bonds. The normalized spacial score (nSPS) is 10.5. The highest BCUT2D eigenvalue weighted by Gasteiger charge is 2.05. The number of carbonyl (C=O) groups excluding carboxylic acids is 1. The Labute approximate surface area is 88.6 Å². The van der Waals surface area contributed by atoms with Gasteiger partial charge in [0.05, 0.1) is 5.69 Å². The van der Waals surface area contributed by atoms with E-state index in [0.717, 1.165) is 22.0 Å². The molecule has 2 heteroatoms. The number of H-pyrrole nitrogens is 1. The molecule has 0 bridgehead atoms. The molecule has 0 aliphatic rings. The van der Waals surface area contributed by atoms with Crippen molar-refractivity contribution in [1.29, 1.82) is 0 Å². The minimum atomic E-state index is 0.0584. The molecule has 0 fully saturated rings. The van der Waals surface area contributed by atoms with Crippen molar-refractivity contribution in [3.63, 3.8) is 0 Å². The number of allylic oxidation sites excluding steroid dienone is 1. The van der Waals surface area contributed by atoms with Gasteiger partial charge in [-0.1, -0.05) is 18.2 Å². The van der Waals surface area contributed by atoms with Crippen molar-refractivity contribution >= 4 is 22.3 Å². The Morgan fingerprint density at radius 1 is 1.27 bits per heavy atom. The van der Waals surface area contributed by atoms with Crippen LogP contribution in [0.2, 0.25) is 0 Å². The molecule has 0 saturated heterocycles. The lowest BCUT2D eigenvalue weighted by molar-refractivity contribution is 0.101. The van der Waals surface area contributed by atoms with Crippen molar-refractivity contribution in [1.82, 2.24) is 4.98 Å². The third-order valence-electron chi connectivity index (χ3n) is 2.49. The van der Waals surface area contributed by atoms with Gasteiger partial charge in [0.2, 0.25) is 0 Å². The van der Waals surface area contributed by atoms with Crippen LogP contribution in [-0.2, 0) is 0 Å². The summed E-state index contributed by atoms with van der Waals surface area (Å²) in [4.78, 5) is 14.3. The van der Waals surface area contributed by atoms with Gasteiger partial charge < -0.3 is 4.98 Å². The number of carbonyl (C=O) groups is 1. The molecule has 2 aromatic rings. The molecular weight excluding hydrogens is 186 g/mol. The van der Waals surface area contributed by atoms with E-state index in [4.69, 9.17) is 0 Å². The van der Waals surface area contributed by atoms with Gasteiger partial charge in [0.15, 0.2) is 5.78 Å². The van der Waals surface area contributed by atoms with Crippen LogP contribution in [0.4, 0.5) is 0 Å². The zero-order chi connectivity index (χ0) is 11.0. The average molecular weight is 199 g/mol. The van der Waals surface area contributed by atoms with Crippen molar-refractivity contribution in [2.24, 2.45) is 0 Å². The van der Waals surface area contributed by atoms with Crippen LogP contribution < -0.4 is 0 Å². The van der Waals surface area contributed by atoms with Crippen LogP contribution in [-0.4, -0.2) is 10.8 Å². The molecule has 1 aromatic carbocycles. The Balaban J connectivity index is 2.62. The van der Waals surface area contributed by atoms with Crippen LogP contribution >= 0.6 is 0 Å². The molecule has 0 atom stereocenters. The van der Waals surface area contributed by atoms with Gasteiger partial charge in [-0.15, -0.1) is 0 Å². The van der Waals surface area contributed by atoms with Gasteiger partial charge in [-0.25, -0.2) is 0 Å². The zero-order valence-electron chi connectivity index (χ0n) is 8.92. The summed E-state index contributed by atoms with van der Waals surface area (Å²) < 4.78 is 0. The number of benzene rings is 1. The van der Waals surface area contributed by atoms with Crippen LogP contribution in [0.1, 0.15) is 29.9 Å². The second-order valence-electron chi connectivity index (χ2n) is 3.82. The quantitative estimate of drug-likeness (QED) is 0.739. The Hall–Kier alpha value is -1.83. The van der Waals surface area contributed by atoms with Gasteiger partial charge >= 0.3 is 0 Å². The topological polar surface area (TPSA) is 32.9 Å². The summed E-state index contributed by atoms with van der Waals surface area (Å²) in [5.41, 5.74) is 3.79. The molecule has 1 heterocycles. The molecule has 15 heavy (non-hydrogen) atoms. The standard InChI is InChI=1S/C13H13NO/c1-8(2)10-4-5-12-11(6-10)7-13(14-12)9(3)15/h4-7,14H,1H2,2-3H3.